The first-order valence-electron chi connectivity index (χ1n) is 6.25. The van der Waals surface area contributed by atoms with E-state index in [0.717, 1.165) is 18.2 Å². The largest absolute Gasteiger partial charge is 0.496 e. The van der Waals surface area contributed by atoms with Crippen molar-refractivity contribution >= 4 is 21.8 Å². The molecule has 4 nitrogen and oxygen atoms in total. The number of alkyl halides is 1. The van der Waals surface area contributed by atoms with Crippen LogP contribution in [-0.4, -0.2) is 31.5 Å². The number of methoxy groups -OCH3 is 2. The summed E-state index contributed by atoms with van der Waals surface area (Å²) in [6.45, 7) is 2.05. The lowest BCUT2D eigenvalue weighted by atomic mass is 10.1. The van der Waals surface area contributed by atoms with Crippen molar-refractivity contribution < 1.29 is 14.3 Å². The van der Waals surface area contributed by atoms with E-state index < -0.39 is 0 Å². The van der Waals surface area contributed by atoms with E-state index in [1.807, 2.05) is 6.92 Å². The van der Waals surface area contributed by atoms with Crippen LogP contribution in [0.1, 0.15) is 30.1 Å². The van der Waals surface area contributed by atoms with Crippen LogP contribution in [0.2, 0.25) is 0 Å². The molecule has 0 spiro atoms. The van der Waals surface area contributed by atoms with Crippen LogP contribution in [0, 0.1) is 0 Å². The zero-order valence-electron chi connectivity index (χ0n) is 11.5. The molecule has 106 valence electrons. The van der Waals surface area contributed by atoms with Gasteiger partial charge < -0.3 is 14.8 Å². The molecule has 0 heterocycles. The zero-order chi connectivity index (χ0) is 14.3. The molecule has 0 bridgehead atoms. The minimum atomic E-state index is -0.165. The summed E-state index contributed by atoms with van der Waals surface area (Å²) in [4.78, 5) is 12.4. The maximum absolute atomic E-state index is 12.4. The van der Waals surface area contributed by atoms with Crippen molar-refractivity contribution in [1.82, 2.24) is 5.32 Å². The van der Waals surface area contributed by atoms with Gasteiger partial charge in [0.05, 0.1) is 14.2 Å². The third kappa shape index (κ3) is 4.13. The summed E-state index contributed by atoms with van der Waals surface area (Å²) in [6.07, 6.45) is 1.77. The van der Waals surface area contributed by atoms with Gasteiger partial charge >= 0.3 is 0 Å². The molecule has 0 saturated carbocycles. The lowest BCUT2D eigenvalue weighted by molar-refractivity contribution is 0.0929. The average Bonchev–Trinajstić information content (AvgIpc) is 2.45. The highest BCUT2D eigenvalue weighted by atomic mass is 79.9. The molecule has 0 fully saturated rings. The molecule has 0 aliphatic rings. The van der Waals surface area contributed by atoms with E-state index in [4.69, 9.17) is 9.47 Å². The van der Waals surface area contributed by atoms with E-state index in [1.54, 1.807) is 32.4 Å². The van der Waals surface area contributed by atoms with Crippen molar-refractivity contribution in [3.8, 4) is 11.5 Å². The summed E-state index contributed by atoms with van der Waals surface area (Å²) < 4.78 is 10.5. The lowest BCUT2D eigenvalue weighted by Crippen LogP contribution is -2.35. The van der Waals surface area contributed by atoms with Crippen molar-refractivity contribution in [2.45, 2.75) is 25.8 Å². The van der Waals surface area contributed by atoms with E-state index >= 15 is 0 Å². The molecule has 19 heavy (non-hydrogen) atoms. The van der Waals surface area contributed by atoms with Gasteiger partial charge in [-0.2, -0.15) is 0 Å². The van der Waals surface area contributed by atoms with Crippen molar-refractivity contribution in [1.29, 1.82) is 0 Å². The van der Waals surface area contributed by atoms with Crippen LogP contribution in [-0.2, 0) is 0 Å². The summed E-state index contributed by atoms with van der Waals surface area (Å²) in [7, 11) is 3.09. The van der Waals surface area contributed by atoms with Gasteiger partial charge in [-0.1, -0.05) is 28.9 Å². The highest BCUT2D eigenvalue weighted by Gasteiger charge is 2.20. The Hall–Kier alpha value is -1.23. The second-order valence-electron chi connectivity index (χ2n) is 4.09. The Morgan fingerprint density at radius 3 is 2.32 bits per heavy atom. The molecule has 1 unspecified atom stereocenters. The van der Waals surface area contributed by atoms with Crippen LogP contribution in [0.4, 0.5) is 0 Å². The number of halogens is 1. The fourth-order valence-corrected chi connectivity index (χ4v) is 2.40. The van der Waals surface area contributed by atoms with Crippen LogP contribution < -0.4 is 14.8 Å². The molecule has 5 heteroatoms. The fourth-order valence-electron chi connectivity index (χ4n) is 1.84. The first kappa shape index (κ1) is 15.8. The van der Waals surface area contributed by atoms with E-state index in [9.17, 15) is 4.79 Å². The van der Waals surface area contributed by atoms with Crippen LogP contribution in [0.15, 0.2) is 18.2 Å². The zero-order valence-corrected chi connectivity index (χ0v) is 13.1. The lowest BCUT2D eigenvalue weighted by Gasteiger charge is -2.18. The van der Waals surface area contributed by atoms with Gasteiger partial charge in [0, 0.05) is 11.4 Å². The number of carbonyl (C=O) groups excluding carboxylic acids is 1. The quantitative estimate of drug-likeness (QED) is 0.782. The molecule has 1 N–H and O–H groups in total. The SMILES string of the molecule is CCC(CCBr)NC(=O)c1c(OC)cccc1OC. The van der Waals surface area contributed by atoms with E-state index in [-0.39, 0.29) is 11.9 Å². The number of nitrogens with one attached hydrogen (secondary N) is 1. The normalized spacial score (nSPS) is 11.8. The van der Waals surface area contributed by atoms with E-state index in [0.29, 0.717) is 17.1 Å². The Balaban J connectivity index is 2.97. The van der Waals surface area contributed by atoms with Gasteiger partial charge in [0.15, 0.2) is 0 Å². The molecule has 1 aromatic carbocycles. The van der Waals surface area contributed by atoms with Gasteiger partial charge in [-0.25, -0.2) is 0 Å². The number of hydrogen-bond donors (Lipinski definition) is 1. The second kappa shape index (κ2) is 8.04. The van der Waals surface area contributed by atoms with Gasteiger partial charge in [0.2, 0.25) is 0 Å². The van der Waals surface area contributed by atoms with Gasteiger partial charge in [-0.15, -0.1) is 0 Å². The maximum Gasteiger partial charge on any atom is 0.259 e. The van der Waals surface area contributed by atoms with Crippen LogP contribution in [0.5, 0.6) is 11.5 Å². The van der Waals surface area contributed by atoms with Crippen LogP contribution in [0.3, 0.4) is 0 Å². The molecular weight excluding hydrogens is 310 g/mol. The Kier molecular flexibility index (Phi) is 6.70. The first-order chi connectivity index (χ1) is 9.17. The predicted molar refractivity (Wildman–Crippen MR) is 79.5 cm³/mol. The number of benzene rings is 1. The smallest absolute Gasteiger partial charge is 0.259 e. The van der Waals surface area contributed by atoms with Gasteiger partial charge in [-0.05, 0) is 25.0 Å². The molecule has 0 aliphatic heterocycles. The molecule has 0 aromatic heterocycles. The Morgan fingerprint density at radius 2 is 1.89 bits per heavy atom. The summed E-state index contributed by atoms with van der Waals surface area (Å²) in [6, 6.07) is 5.44. The average molecular weight is 330 g/mol. The topological polar surface area (TPSA) is 47.6 Å². The molecule has 1 atom stereocenters. The van der Waals surface area contributed by atoms with Gasteiger partial charge in [-0.3, -0.25) is 4.79 Å². The Bertz CT molecular complexity index is 401. The number of ether oxygens (including phenoxy) is 2. The third-order valence-corrected chi connectivity index (χ3v) is 3.40. The Morgan fingerprint density at radius 1 is 1.32 bits per heavy atom. The second-order valence-corrected chi connectivity index (χ2v) is 4.89. The van der Waals surface area contributed by atoms with Crippen molar-refractivity contribution in [3.63, 3.8) is 0 Å². The summed E-state index contributed by atoms with van der Waals surface area (Å²) in [5.74, 6) is 0.873. The first-order valence-corrected chi connectivity index (χ1v) is 7.37. The molecular formula is C14H20BrNO3. The standard InChI is InChI=1S/C14H20BrNO3/c1-4-10(8-9-15)16-14(17)13-11(18-2)6-5-7-12(13)19-3/h5-7,10H,4,8-9H2,1-3H3,(H,16,17). The van der Waals surface area contributed by atoms with Crippen LogP contribution >= 0.6 is 15.9 Å². The summed E-state index contributed by atoms with van der Waals surface area (Å²) in [5, 5.41) is 3.86. The fraction of sp³-hybridized carbons (Fsp3) is 0.500. The van der Waals surface area contributed by atoms with Crippen molar-refractivity contribution in [2.24, 2.45) is 0 Å². The van der Waals surface area contributed by atoms with Gasteiger partial charge in [0.25, 0.3) is 5.91 Å². The Labute approximate surface area is 122 Å². The summed E-state index contributed by atoms with van der Waals surface area (Å²) in [5.41, 5.74) is 0.445. The number of hydrogen-bond acceptors (Lipinski definition) is 3. The molecule has 0 radical (unpaired) electrons. The molecule has 1 rings (SSSR count). The maximum atomic E-state index is 12.4. The monoisotopic (exact) mass is 329 g/mol. The molecule has 0 saturated heterocycles. The van der Waals surface area contributed by atoms with E-state index in [2.05, 4.69) is 21.2 Å². The molecule has 1 amide bonds. The van der Waals surface area contributed by atoms with Crippen LogP contribution in [0.25, 0.3) is 0 Å². The molecule has 1 aromatic rings. The highest BCUT2D eigenvalue weighted by Crippen LogP contribution is 2.28. The number of carbonyl (C=O) groups is 1. The minimum Gasteiger partial charge on any atom is -0.496 e. The molecule has 0 aliphatic carbocycles. The van der Waals surface area contributed by atoms with E-state index in [1.165, 1.54) is 0 Å². The van der Waals surface area contributed by atoms with Crippen molar-refractivity contribution in [3.05, 3.63) is 23.8 Å². The number of amides is 1. The minimum absolute atomic E-state index is 0.140. The number of rotatable bonds is 7. The van der Waals surface area contributed by atoms with Crippen molar-refractivity contribution in [2.75, 3.05) is 19.5 Å². The van der Waals surface area contributed by atoms with Gasteiger partial charge in [0.1, 0.15) is 17.1 Å². The third-order valence-electron chi connectivity index (χ3n) is 2.94. The predicted octanol–water partition coefficient (Wildman–Crippen LogP) is 3.00. The highest BCUT2D eigenvalue weighted by molar-refractivity contribution is 9.09. The summed E-state index contributed by atoms with van der Waals surface area (Å²) >= 11 is 3.39.